The van der Waals surface area contributed by atoms with Gasteiger partial charge in [-0.3, -0.25) is 14.4 Å². The molecule has 31 heavy (non-hydrogen) atoms. The Hall–Kier alpha value is -1.49. The van der Waals surface area contributed by atoms with Gasteiger partial charge in [-0.05, 0) is 49.4 Å². The van der Waals surface area contributed by atoms with E-state index in [4.69, 9.17) is 0 Å². The number of ketones is 2. The summed E-state index contributed by atoms with van der Waals surface area (Å²) in [6.45, 7) is 11.9. The van der Waals surface area contributed by atoms with E-state index in [1.54, 1.807) is 20.9 Å². The molecule has 1 amide bonds. The fraction of sp³-hybridized carbons (Fsp3) is 0.808. The number of hydrogen-bond donors (Lipinski definition) is 1. The van der Waals surface area contributed by atoms with E-state index < -0.39 is 34.8 Å². The number of Topliss-reactive ketones (excluding diaryl/α,β-unsaturated/α-hetero) is 2. The lowest BCUT2D eigenvalue weighted by atomic mass is 9.45. The summed E-state index contributed by atoms with van der Waals surface area (Å²) < 4.78 is 0. The topological polar surface area (TPSA) is 74.7 Å². The molecule has 4 unspecified atom stereocenters. The molecule has 172 valence electrons. The van der Waals surface area contributed by atoms with Gasteiger partial charge in [-0.15, -0.1) is 0 Å². The Labute approximate surface area is 186 Å². The normalized spacial score (nSPS) is 50.6. The highest BCUT2D eigenvalue weighted by Crippen LogP contribution is 2.60. The Kier molecular flexibility index (Phi) is 5.32. The molecule has 0 aromatic heterocycles. The van der Waals surface area contributed by atoms with Crippen molar-refractivity contribution in [3.63, 3.8) is 0 Å². The van der Waals surface area contributed by atoms with Crippen molar-refractivity contribution in [2.75, 3.05) is 7.05 Å². The van der Waals surface area contributed by atoms with E-state index in [1.165, 1.54) is 4.90 Å². The molecule has 0 aromatic rings. The van der Waals surface area contributed by atoms with Gasteiger partial charge in [0.05, 0.1) is 11.6 Å². The Morgan fingerprint density at radius 1 is 1.13 bits per heavy atom. The van der Waals surface area contributed by atoms with Crippen molar-refractivity contribution < 1.29 is 19.5 Å². The number of carbonyl (C=O) groups excluding carboxylic acids is 3. The summed E-state index contributed by atoms with van der Waals surface area (Å²) in [6, 6.07) is -0.602. The van der Waals surface area contributed by atoms with Gasteiger partial charge in [0.1, 0.15) is 0 Å². The summed E-state index contributed by atoms with van der Waals surface area (Å²) in [7, 11) is 1.65. The lowest BCUT2D eigenvalue weighted by Gasteiger charge is -2.57. The van der Waals surface area contributed by atoms with Crippen LogP contribution in [-0.2, 0) is 14.4 Å². The summed E-state index contributed by atoms with van der Waals surface area (Å²) in [4.78, 5) is 43.6. The van der Waals surface area contributed by atoms with E-state index >= 15 is 0 Å². The van der Waals surface area contributed by atoms with Crippen LogP contribution in [0.5, 0.6) is 0 Å². The second kappa shape index (κ2) is 7.26. The van der Waals surface area contributed by atoms with Crippen molar-refractivity contribution in [3.05, 3.63) is 12.2 Å². The number of aliphatic hydroxyl groups is 1. The standard InChI is InChI=1S/C26H39NO4/c1-8-14(3)21-23(29)26(24(30)27(21)7)16(5)25(6,31)18-10-9-17-12-13(2)11-15(4)19(17)20(18)22(26)28/h9-10,13-21,31H,8,11-12H2,1-7H3/t13-,14?,15+,16?,17-,18-,19+,20+,21?,25+,26?/m0/s1. The van der Waals surface area contributed by atoms with Crippen molar-refractivity contribution in [2.24, 2.45) is 52.8 Å². The van der Waals surface area contributed by atoms with Gasteiger partial charge in [-0.2, -0.15) is 0 Å². The molecule has 1 saturated heterocycles. The molecule has 5 nitrogen and oxygen atoms in total. The SMILES string of the molecule is CCC(C)C1C(=O)C2(C(=O)[C@H]3[C@@H]4[C@H](C)C[C@H](C)C[C@@H]4C=C[C@@H]3[C@](C)(O)C2C)C(=O)N1C. The van der Waals surface area contributed by atoms with Gasteiger partial charge < -0.3 is 10.0 Å². The second-order valence-corrected chi connectivity index (χ2v) is 11.5. The van der Waals surface area contributed by atoms with Gasteiger partial charge in [-0.1, -0.05) is 53.2 Å². The fourth-order valence-electron chi connectivity index (χ4n) is 7.89. The molecular formula is C26H39NO4. The van der Waals surface area contributed by atoms with Gasteiger partial charge in [0.25, 0.3) is 0 Å². The van der Waals surface area contributed by atoms with Crippen molar-refractivity contribution in [3.8, 4) is 0 Å². The van der Waals surface area contributed by atoms with E-state index in [9.17, 15) is 19.5 Å². The van der Waals surface area contributed by atoms with Crippen LogP contribution in [-0.4, -0.2) is 46.2 Å². The summed E-state index contributed by atoms with van der Waals surface area (Å²) >= 11 is 0. The molecular weight excluding hydrogens is 390 g/mol. The van der Waals surface area contributed by atoms with Crippen LogP contribution in [0.4, 0.5) is 0 Å². The molecule has 1 aliphatic heterocycles. The minimum absolute atomic E-state index is 0.0306. The third-order valence-electron chi connectivity index (χ3n) is 9.77. The molecule has 1 spiro atoms. The first-order chi connectivity index (χ1) is 14.4. The number of rotatable bonds is 2. The highest BCUT2D eigenvalue weighted by molar-refractivity contribution is 6.30. The molecule has 1 N–H and O–H groups in total. The van der Waals surface area contributed by atoms with E-state index in [2.05, 4.69) is 19.9 Å². The Balaban J connectivity index is 1.88. The number of likely N-dealkylation sites (tertiary alicyclic amines) is 1. The Bertz CT molecular complexity index is 831. The van der Waals surface area contributed by atoms with Crippen molar-refractivity contribution in [1.29, 1.82) is 0 Å². The molecule has 3 fully saturated rings. The summed E-state index contributed by atoms with van der Waals surface area (Å²) in [6.07, 6.45) is 7.03. The highest BCUT2D eigenvalue weighted by atomic mass is 16.3. The zero-order chi connectivity index (χ0) is 23.0. The summed E-state index contributed by atoms with van der Waals surface area (Å²) in [5.41, 5.74) is -3.06. The van der Waals surface area contributed by atoms with Crippen LogP contribution < -0.4 is 0 Å². The predicted molar refractivity (Wildman–Crippen MR) is 119 cm³/mol. The number of carbonyl (C=O) groups is 3. The van der Waals surface area contributed by atoms with Crippen LogP contribution in [0.15, 0.2) is 12.2 Å². The number of likely N-dealkylation sites (N-methyl/N-ethyl adjacent to an activating group) is 1. The van der Waals surface area contributed by atoms with E-state index in [0.717, 1.165) is 19.3 Å². The monoisotopic (exact) mass is 429 g/mol. The van der Waals surface area contributed by atoms with Crippen molar-refractivity contribution in [1.82, 2.24) is 4.90 Å². The van der Waals surface area contributed by atoms with Gasteiger partial charge in [0.2, 0.25) is 5.91 Å². The van der Waals surface area contributed by atoms with E-state index in [0.29, 0.717) is 11.8 Å². The highest BCUT2D eigenvalue weighted by Gasteiger charge is 2.74. The van der Waals surface area contributed by atoms with Crippen LogP contribution in [0.3, 0.4) is 0 Å². The lowest BCUT2D eigenvalue weighted by molar-refractivity contribution is -0.186. The van der Waals surface area contributed by atoms with Gasteiger partial charge in [0, 0.05) is 24.8 Å². The summed E-state index contributed by atoms with van der Waals surface area (Å²) in [5, 5.41) is 11.8. The molecule has 11 atom stereocenters. The second-order valence-electron chi connectivity index (χ2n) is 11.5. The Morgan fingerprint density at radius 3 is 2.39 bits per heavy atom. The fourth-order valence-corrected chi connectivity index (χ4v) is 7.89. The summed E-state index contributed by atoms with van der Waals surface area (Å²) in [5.74, 6) is -1.30. The molecule has 0 aromatic carbocycles. The maximum absolute atomic E-state index is 14.4. The van der Waals surface area contributed by atoms with Crippen molar-refractivity contribution >= 4 is 17.5 Å². The maximum atomic E-state index is 14.4. The first kappa shape index (κ1) is 22.7. The van der Waals surface area contributed by atoms with Gasteiger partial charge in [-0.25, -0.2) is 0 Å². The molecule has 2 saturated carbocycles. The smallest absolute Gasteiger partial charge is 0.244 e. The first-order valence-corrected chi connectivity index (χ1v) is 12.2. The minimum Gasteiger partial charge on any atom is -0.389 e. The number of hydrogen-bond acceptors (Lipinski definition) is 4. The largest absolute Gasteiger partial charge is 0.389 e. The van der Waals surface area contributed by atoms with E-state index in [-0.39, 0.29) is 35.2 Å². The van der Waals surface area contributed by atoms with Crippen LogP contribution in [0, 0.1) is 52.8 Å². The van der Waals surface area contributed by atoms with Crippen LogP contribution in [0.1, 0.15) is 60.8 Å². The average Bonchev–Trinajstić information content (AvgIpc) is 2.90. The Morgan fingerprint density at radius 2 is 1.77 bits per heavy atom. The zero-order valence-corrected chi connectivity index (χ0v) is 20.1. The molecule has 0 bridgehead atoms. The number of allylic oxidation sites excluding steroid dienone is 1. The lowest BCUT2D eigenvalue weighted by Crippen LogP contribution is -2.68. The molecule has 1 heterocycles. The molecule has 4 rings (SSSR count). The molecule has 4 aliphatic rings. The van der Waals surface area contributed by atoms with Crippen LogP contribution in [0.2, 0.25) is 0 Å². The molecule has 3 aliphatic carbocycles. The molecule has 5 heteroatoms. The minimum atomic E-state index is -1.76. The number of amides is 1. The predicted octanol–water partition coefficient (Wildman–Crippen LogP) is 3.50. The van der Waals surface area contributed by atoms with Gasteiger partial charge >= 0.3 is 0 Å². The third kappa shape index (κ3) is 2.74. The van der Waals surface area contributed by atoms with E-state index in [1.807, 2.05) is 19.9 Å². The van der Waals surface area contributed by atoms with Crippen LogP contribution in [0.25, 0.3) is 0 Å². The average molecular weight is 430 g/mol. The van der Waals surface area contributed by atoms with Crippen molar-refractivity contribution in [2.45, 2.75) is 72.4 Å². The first-order valence-electron chi connectivity index (χ1n) is 12.2. The third-order valence-corrected chi connectivity index (χ3v) is 9.77. The quantitative estimate of drug-likeness (QED) is 0.539. The maximum Gasteiger partial charge on any atom is 0.244 e. The van der Waals surface area contributed by atoms with Crippen LogP contribution >= 0.6 is 0 Å². The number of fused-ring (bicyclic) bond motifs is 3. The number of nitrogens with zero attached hydrogens (tertiary/aromatic N) is 1. The zero-order valence-electron chi connectivity index (χ0n) is 20.1. The molecule has 0 radical (unpaired) electrons. The van der Waals surface area contributed by atoms with Gasteiger partial charge in [0.15, 0.2) is 17.0 Å².